The number of alkyl halides is 5. The first-order valence-electron chi connectivity index (χ1n) is 10.7. The first-order valence-corrected chi connectivity index (χ1v) is 10.7. The largest absolute Gasteiger partial charge is 0.479 e. The van der Waals surface area contributed by atoms with Crippen molar-refractivity contribution in [3.63, 3.8) is 0 Å². The van der Waals surface area contributed by atoms with E-state index in [0.717, 1.165) is 9.58 Å². The van der Waals surface area contributed by atoms with Gasteiger partial charge >= 0.3 is 6.18 Å². The Labute approximate surface area is 199 Å². The summed E-state index contributed by atoms with van der Waals surface area (Å²) < 4.78 is 75.1. The van der Waals surface area contributed by atoms with Gasteiger partial charge in [0, 0.05) is 25.2 Å². The maximum absolute atomic E-state index is 14.4. The SMILES string of the molecule is COc1nc(N[C@@H]2CN(C(C)=O)CC2(F)F)nn2ccc(-c3ccc4nnn(CC(F)(F)F)c4c3)c12. The number of hydrogen-bond donors (Lipinski definition) is 1. The summed E-state index contributed by atoms with van der Waals surface area (Å²) in [6.07, 6.45) is -2.93. The van der Waals surface area contributed by atoms with Crippen molar-refractivity contribution in [1.29, 1.82) is 0 Å². The number of nitrogens with zero attached hydrogens (tertiary/aromatic N) is 7. The van der Waals surface area contributed by atoms with Crippen LogP contribution in [0.1, 0.15) is 6.92 Å². The van der Waals surface area contributed by atoms with Gasteiger partial charge in [-0.25, -0.2) is 18.0 Å². The van der Waals surface area contributed by atoms with Crippen LogP contribution in [-0.2, 0) is 11.3 Å². The molecule has 1 saturated heterocycles. The Morgan fingerprint density at radius 1 is 1.28 bits per heavy atom. The van der Waals surface area contributed by atoms with Gasteiger partial charge in [-0.1, -0.05) is 11.3 Å². The molecule has 0 aliphatic carbocycles. The van der Waals surface area contributed by atoms with Gasteiger partial charge in [0.2, 0.25) is 17.7 Å². The molecular weight excluding hydrogens is 491 g/mol. The van der Waals surface area contributed by atoms with E-state index in [0.29, 0.717) is 22.2 Å². The van der Waals surface area contributed by atoms with Crippen molar-refractivity contribution < 1.29 is 31.5 Å². The normalized spacial score (nSPS) is 17.8. The number of carbonyl (C=O) groups excluding carboxylic acids is 1. The average molecular weight is 510 g/mol. The maximum atomic E-state index is 14.4. The van der Waals surface area contributed by atoms with Crippen molar-refractivity contribution in [1.82, 2.24) is 34.5 Å². The number of carbonyl (C=O) groups is 1. The Morgan fingerprint density at radius 2 is 2.06 bits per heavy atom. The molecule has 1 fully saturated rings. The zero-order valence-electron chi connectivity index (χ0n) is 18.9. The molecule has 0 unspecified atom stereocenters. The van der Waals surface area contributed by atoms with Gasteiger partial charge in [-0.05, 0) is 23.8 Å². The van der Waals surface area contributed by atoms with Crippen molar-refractivity contribution in [2.24, 2.45) is 0 Å². The van der Waals surface area contributed by atoms with Crippen LogP contribution in [0.3, 0.4) is 0 Å². The first-order chi connectivity index (χ1) is 16.9. The molecule has 15 heteroatoms. The van der Waals surface area contributed by atoms with Gasteiger partial charge in [-0.15, -0.1) is 10.2 Å². The lowest BCUT2D eigenvalue weighted by Gasteiger charge is -2.19. The molecular formula is C21H19F5N8O2. The van der Waals surface area contributed by atoms with Gasteiger partial charge in [-0.2, -0.15) is 18.2 Å². The van der Waals surface area contributed by atoms with Gasteiger partial charge in [0.25, 0.3) is 5.92 Å². The van der Waals surface area contributed by atoms with E-state index in [2.05, 4.69) is 25.7 Å². The number of anilines is 1. The van der Waals surface area contributed by atoms with E-state index < -0.39 is 37.1 Å². The number of benzene rings is 1. The topological polar surface area (TPSA) is 102 Å². The summed E-state index contributed by atoms with van der Waals surface area (Å²) in [5.74, 6) is -3.74. The fraction of sp³-hybridized carbons (Fsp3) is 0.381. The molecule has 0 saturated carbocycles. The zero-order valence-corrected chi connectivity index (χ0v) is 18.9. The fourth-order valence-electron chi connectivity index (χ4n) is 4.18. The highest BCUT2D eigenvalue weighted by molar-refractivity contribution is 5.89. The fourth-order valence-corrected chi connectivity index (χ4v) is 4.18. The minimum atomic E-state index is -4.47. The van der Waals surface area contributed by atoms with Gasteiger partial charge in [0.05, 0.1) is 19.2 Å². The van der Waals surface area contributed by atoms with E-state index in [4.69, 9.17) is 4.74 Å². The quantitative estimate of drug-likeness (QED) is 0.412. The van der Waals surface area contributed by atoms with Crippen LogP contribution in [0.15, 0.2) is 30.5 Å². The number of halogens is 5. The summed E-state index contributed by atoms with van der Waals surface area (Å²) in [4.78, 5) is 16.8. The lowest BCUT2D eigenvalue weighted by molar-refractivity contribution is -0.142. The molecule has 4 heterocycles. The average Bonchev–Trinajstić information content (AvgIpc) is 3.48. The van der Waals surface area contributed by atoms with Crippen LogP contribution < -0.4 is 10.1 Å². The van der Waals surface area contributed by atoms with E-state index in [9.17, 15) is 26.7 Å². The molecule has 36 heavy (non-hydrogen) atoms. The second-order valence-electron chi connectivity index (χ2n) is 8.39. The molecule has 1 aliphatic rings. The predicted octanol–water partition coefficient (Wildman–Crippen LogP) is 2.99. The van der Waals surface area contributed by atoms with Crippen LogP contribution in [-0.4, -0.2) is 78.7 Å². The number of likely N-dealkylation sites (tertiary alicyclic amines) is 1. The number of ether oxygens (including phenoxy) is 1. The van der Waals surface area contributed by atoms with Gasteiger partial charge in [0.1, 0.15) is 23.6 Å². The lowest BCUT2D eigenvalue weighted by atomic mass is 10.1. The number of fused-ring (bicyclic) bond motifs is 2. The van der Waals surface area contributed by atoms with Crippen LogP contribution in [0.5, 0.6) is 5.88 Å². The Bertz CT molecular complexity index is 1460. The molecule has 1 aromatic carbocycles. The molecule has 0 spiro atoms. The molecule has 1 atom stereocenters. The summed E-state index contributed by atoms with van der Waals surface area (Å²) in [7, 11) is 1.34. The number of methoxy groups -OCH3 is 1. The monoisotopic (exact) mass is 510 g/mol. The minimum Gasteiger partial charge on any atom is -0.479 e. The van der Waals surface area contributed by atoms with Gasteiger partial charge in [0.15, 0.2) is 0 Å². The molecule has 5 rings (SSSR count). The standard InChI is InChI=1S/C21H19F5N8O2/c1-11(35)32-8-16(20(22,23)9-32)27-19-28-18(36-2)17-13(5-6-33(17)30-19)12-3-4-14-15(7-12)34(31-29-14)10-21(24,25)26/h3-7,16H,8-10H2,1-2H3,(H,27,30)/t16-/m1/s1. The zero-order chi connectivity index (χ0) is 25.8. The first kappa shape index (κ1) is 23.7. The molecule has 10 nitrogen and oxygen atoms in total. The van der Waals surface area contributed by atoms with Crippen molar-refractivity contribution in [2.45, 2.75) is 31.6 Å². The van der Waals surface area contributed by atoms with Gasteiger partial charge in [-0.3, -0.25) is 4.79 Å². The maximum Gasteiger partial charge on any atom is 0.408 e. The molecule has 1 amide bonds. The highest BCUT2D eigenvalue weighted by Gasteiger charge is 2.49. The number of nitrogens with one attached hydrogen (secondary N) is 1. The summed E-state index contributed by atoms with van der Waals surface area (Å²) in [5, 5.41) is 14.2. The number of rotatable bonds is 5. The highest BCUT2D eigenvalue weighted by atomic mass is 19.4. The summed E-state index contributed by atoms with van der Waals surface area (Å²) in [5.41, 5.74) is 1.91. The molecule has 190 valence electrons. The van der Waals surface area contributed by atoms with Crippen molar-refractivity contribution in [3.8, 4) is 17.0 Å². The van der Waals surface area contributed by atoms with E-state index in [1.165, 1.54) is 24.6 Å². The minimum absolute atomic E-state index is 0.0549. The Kier molecular flexibility index (Phi) is 5.44. The second kappa shape index (κ2) is 8.27. The van der Waals surface area contributed by atoms with E-state index >= 15 is 0 Å². The Hall–Kier alpha value is -4.04. The molecule has 0 radical (unpaired) electrons. The molecule has 4 aromatic rings. The predicted molar refractivity (Wildman–Crippen MR) is 117 cm³/mol. The van der Waals surface area contributed by atoms with E-state index in [1.54, 1.807) is 24.4 Å². The highest BCUT2D eigenvalue weighted by Crippen LogP contribution is 2.34. The third-order valence-corrected chi connectivity index (χ3v) is 5.89. The Balaban J connectivity index is 1.51. The van der Waals surface area contributed by atoms with E-state index in [-0.39, 0.29) is 23.9 Å². The van der Waals surface area contributed by atoms with Crippen LogP contribution in [0.2, 0.25) is 0 Å². The molecule has 3 aromatic heterocycles. The van der Waals surface area contributed by atoms with Crippen LogP contribution in [0.4, 0.5) is 27.9 Å². The van der Waals surface area contributed by atoms with Crippen LogP contribution >= 0.6 is 0 Å². The summed E-state index contributed by atoms with van der Waals surface area (Å²) in [6, 6.07) is 4.96. The number of amides is 1. The van der Waals surface area contributed by atoms with E-state index in [1.807, 2.05) is 0 Å². The number of aromatic nitrogens is 6. The third-order valence-electron chi connectivity index (χ3n) is 5.89. The number of hydrogen-bond acceptors (Lipinski definition) is 7. The van der Waals surface area contributed by atoms with Gasteiger partial charge < -0.3 is 15.0 Å². The van der Waals surface area contributed by atoms with Crippen LogP contribution in [0.25, 0.3) is 27.7 Å². The summed E-state index contributed by atoms with van der Waals surface area (Å²) >= 11 is 0. The molecule has 0 bridgehead atoms. The van der Waals surface area contributed by atoms with Crippen molar-refractivity contribution in [3.05, 3.63) is 30.5 Å². The smallest absolute Gasteiger partial charge is 0.408 e. The third kappa shape index (κ3) is 4.24. The van der Waals surface area contributed by atoms with Crippen LogP contribution in [0, 0.1) is 0 Å². The Morgan fingerprint density at radius 3 is 2.72 bits per heavy atom. The van der Waals surface area contributed by atoms with Crippen molar-refractivity contribution >= 4 is 28.4 Å². The molecule has 1 aliphatic heterocycles. The summed E-state index contributed by atoms with van der Waals surface area (Å²) in [6.45, 7) is -1.01. The second-order valence-corrected chi connectivity index (χ2v) is 8.39. The molecule has 1 N–H and O–H groups in total. The lowest BCUT2D eigenvalue weighted by Crippen LogP contribution is -2.38. The van der Waals surface area contributed by atoms with Crippen molar-refractivity contribution in [2.75, 3.05) is 25.5 Å².